The number of carbonyl (C=O) groups is 1. The number of hydrogen-bond donors (Lipinski definition) is 1. The van der Waals surface area contributed by atoms with E-state index < -0.39 is 0 Å². The van der Waals surface area contributed by atoms with E-state index >= 15 is 0 Å². The molecule has 0 aliphatic carbocycles. The zero-order valence-electron chi connectivity index (χ0n) is 8.36. The number of esters is 1. The molecule has 1 aromatic carbocycles. The Hall–Kier alpha value is -0.960. The topological polar surface area (TPSA) is 26.3 Å². The van der Waals surface area contributed by atoms with Crippen molar-refractivity contribution in [3.8, 4) is 0 Å². The highest BCUT2D eigenvalue weighted by Gasteiger charge is 2.12. The van der Waals surface area contributed by atoms with Crippen LogP contribution in [-0.2, 0) is 4.74 Å². The molecule has 2 nitrogen and oxygen atoms in total. The average Bonchev–Trinajstić information content (AvgIpc) is 2.18. The zero-order valence-corrected chi connectivity index (χ0v) is 9.25. The molecule has 0 aliphatic rings. The van der Waals surface area contributed by atoms with E-state index in [4.69, 9.17) is 4.74 Å². The van der Waals surface area contributed by atoms with Crippen LogP contribution >= 0.6 is 12.6 Å². The van der Waals surface area contributed by atoms with Crippen LogP contribution in [0, 0.1) is 0 Å². The normalized spacial score (nSPS) is 12.2. The number of thiol groups is 1. The van der Waals surface area contributed by atoms with E-state index in [1.165, 1.54) is 0 Å². The Morgan fingerprint density at radius 1 is 1.50 bits per heavy atom. The van der Waals surface area contributed by atoms with E-state index in [-0.39, 0.29) is 12.1 Å². The molecule has 0 aromatic heterocycles. The maximum absolute atomic E-state index is 11.6. The summed E-state index contributed by atoms with van der Waals surface area (Å²) in [6, 6.07) is 7.12. The Labute approximate surface area is 89.7 Å². The highest BCUT2D eigenvalue weighted by Crippen LogP contribution is 2.15. The summed E-state index contributed by atoms with van der Waals surface area (Å²) in [5.74, 6) is -0.301. The van der Waals surface area contributed by atoms with Gasteiger partial charge in [-0.05, 0) is 25.5 Å². The summed E-state index contributed by atoms with van der Waals surface area (Å²) in [4.78, 5) is 12.2. The second-order valence-electron chi connectivity index (χ2n) is 3.14. The first-order chi connectivity index (χ1) is 6.65. The number of rotatable bonds is 3. The second kappa shape index (κ2) is 5.05. The highest BCUT2D eigenvalue weighted by atomic mass is 32.1. The van der Waals surface area contributed by atoms with Crippen molar-refractivity contribution >= 4 is 18.6 Å². The summed E-state index contributed by atoms with van der Waals surface area (Å²) in [6.07, 6.45) is 0.774. The standard InChI is InChI=1S/C11H14O2S/c1-3-8(2)13-11(12)9-6-4-5-7-10(9)14/h4-8,14H,3H2,1-2H3. The molecule has 0 amide bonds. The molecule has 0 radical (unpaired) electrons. The molecule has 1 unspecified atom stereocenters. The smallest absolute Gasteiger partial charge is 0.339 e. The van der Waals surface area contributed by atoms with Crippen LogP contribution in [0.1, 0.15) is 30.6 Å². The first-order valence-electron chi connectivity index (χ1n) is 4.64. The lowest BCUT2D eigenvalue weighted by Gasteiger charge is -2.11. The summed E-state index contributed by atoms with van der Waals surface area (Å²) < 4.78 is 5.18. The number of carbonyl (C=O) groups excluding carboxylic acids is 1. The van der Waals surface area contributed by atoms with Gasteiger partial charge in [-0.25, -0.2) is 4.79 Å². The number of hydrogen-bond acceptors (Lipinski definition) is 3. The Kier molecular flexibility index (Phi) is 4.01. The summed E-state index contributed by atoms with van der Waals surface area (Å²) in [5.41, 5.74) is 0.524. The van der Waals surface area contributed by atoms with Gasteiger partial charge in [-0.3, -0.25) is 0 Å². The molecule has 0 aliphatic heterocycles. The molecule has 0 saturated carbocycles. The van der Waals surface area contributed by atoms with Crippen molar-refractivity contribution in [1.29, 1.82) is 0 Å². The molecule has 1 atom stereocenters. The SMILES string of the molecule is CCC(C)OC(=O)c1ccccc1S. The van der Waals surface area contributed by atoms with Gasteiger partial charge in [0.15, 0.2) is 0 Å². The van der Waals surface area contributed by atoms with E-state index in [0.29, 0.717) is 10.5 Å². The molecule has 3 heteroatoms. The van der Waals surface area contributed by atoms with Gasteiger partial charge in [0.2, 0.25) is 0 Å². The monoisotopic (exact) mass is 210 g/mol. The lowest BCUT2D eigenvalue weighted by atomic mass is 10.2. The van der Waals surface area contributed by atoms with Crippen LogP contribution < -0.4 is 0 Å². The summed E-state index contributed by atoms with van der Waals surface area (Å²) in [5, 5.41) is 0. The van der Waals surface area contributed by atoms with Crippen molar-refractivity contribution in [2.75, 3.05) is 0 Å². The van der Waals surface area contributed by atoms with E-state index in [0.717, 1.165) is 6.42 Å². The quantitative estimate of drug-likeness (QED) is 0.613. The van der Waals surface area contributed by atoms with Gasteiger partial charge in [0.25, 0.3) is 0 Å². The van der Waals surface area contributed by atoms with Crippen LogP contribution in [0.3, 0.4) is 0 Å². The lowest BCUT2D eigenvalue weighted by Crippen LogP contribution is -2.14. The third-order valence-electron chi connectivity index (χ3n) is 2.01. The number of benzene rings is 1. The fourth-order valence-corrected chi connectivity index (χ4v) is 1.23. The Balaban J connectivity index is 2.75. The van der Waals surface area contributed by atoms with E-state index in [1.807, 2.05) is 19.9 Å². The first kappa shape index (κ1) is 11.1. The molecular weight excluding hydrogens is 196 g/mol. The predicted octanol–water partition coefficient (Wildman–Crippen LogP) is 2.93. The van der Waals surface area contributed by atoms with Gasteiger partial charge < -0.3 is 4.74 Å². The Morgan fingerprint density at radius 3 is 2.71 bits per heavy atom. The fourth-order valence-electron chi connectivity index (χ4n) is 0.976. The second-order valence-corrected chi connectivity index (χ2v) is 3.62. The molecule has 1 aromatic rings. The Morgan fingerprint density at radius 2 is 2.14 bits per heavy atom. The fraction of sp³-hybridized carbons (Fsp3) is 0.364. The van der Waals surface area contributed by atoms with Gasteiger partial charge in [0.05, 0.1) is 11.7 Å². The van der Waals surface area contributed by atoms with Crippen molar-refractivity contribution in [2.24, 2.45) is 0 Å². The molecule has 76 valence electrons. The van der Waals surface area contributed by atoms with Gasteiger partial charge in [0.1, 0.15) is 0 Å². The molecule has 0 fully saturated rings. The van der Waals surface area contributed by atoms with Crippen molar-refractivity contribution in [1.82, 2.24) is 0 Å². The maximum atomic E-state index is 11.6. The minimum Gasteiger partial charge on any atom is -0.459 e. The van der Waals surface area contributed by atoms with Crippen LogP contribution in [0.5, 0.6) is 0 Å². The maximum Gasteiger partial charge on any atom is 0.339 e. The van der Waals surface area contributed by atoms with E-state index in [1.54, 1.807) is 18.2 Å². The third-order valence-corrected chi connectivity index (χ3v) is 2.40. The molecular formula is C11H14O2S. The number of ether oxygens (including phenoxy) is 1. The van der Waals surface area contributed by atoms with Crippen molar-refractivity contribution in [3.05, 3.63) is 29.8 Å². The van der Waals surface area contributed by atoms with E-state index in [9.17, 15) is 4.79 Å². The van der Waals surface area contributed by atoms with Crippen LogP contribution in [0.4, 0.5) is 0 Å². The molecule has 14 heavy (non-hydrogen) atoms. The molecule has 0 heterocycles. The van der Waals surface area contributed by atoms with Gasteiger partial charge in [-0.15, -0.1) is 12.6 Å². The minimum absolute atomic E-state index is 0.0459. The first-order valence-corrected chi connectivity index (χ1v) is 5.08. The van der Waals surface area contributed by atoms with E-state index in [2.05, 4.69) is 12.6 Å². The van der Waals surface area contributed by atoms with Crippen molar-refractivity contribution < 1.29 is 9.53 Å². The molecule has 0 bridgehead atoms. The zero-order chi connectivity index (χ0) is 10.6. The molecule has 0 spiro atoms. The summed E-state index contributed by atoms with van der Waals surface area (Å²) >= 11 is 4.19. The van der Waals surface area contributed by atoms with Gasteiger partial charge in [-0.1, -0.05) is 19.1 Å². The minimum atomic E-state index is -0.301. The summed E-state index contributed by atoms with van der Waals surface area (Å²) in [6.45, 7) is 3.85. The molecule has 0 N–H and O–H groups in total. The Bertz CT molecular complexity index is 323. The summed E-state index contributed by atoms with van der Waals surface area (Å²) in [7, 11) is 0. The lowest BCUT2D eigenvalue weighted by molar-refractivity contribution is 0.0330. The highest BCUT2D eigenvalue weighted by molar-refractivity contribution is 7.80. The molecule has 0 saturated heterocycles. The van der Waals surface area contributed by atoms with Crippen LogP contribution in [0.2, 0.25) is 0 Å². The van der Waals surface area contributed by atoms with Gasteiger partial charge in [0, 0.05) is 4.90 Å². The third kappa shape index (κ3) is 2.77. The average molecular weight is 210 g/mol. The van der Waals surface area contributed by atoms with Crippen molar-refractivity contribution in [2.45, 2.75) is 31.3 Å². The van der Waals surface area contributed by atoms with Gasteiger partial charge in [-0.2, -0.15) is 0 Å². The van der Waals surface area contributed by atoms with Crippen molar-refractivity contribution in [3.63, 3.8) is 0 Å². The van der Waals surface area contributed by atoms with Crippen LogP contribution in [0.25, 0.3) is 0 Å². The predicted molar refractivity (Wildman–Crippen MR) is 58.9 cm³/mol. The van der Waals surface area contributed by atoms with Crippen LogP contribution in [-0.4, -0.2) is 12.1 Å². The van der Waals surface area contributed by atoms with Gasteiger partial charge >= 0.3 is 5.97 Å². The van der Waals surface area contributed by atoms with Crippen LogP contribution in [0.15, 0.2) is 29.2 Å². The molecule has 1 rings (SSSR count). The largest absolute Gasteiger partial charge is 0.459 e.